The van der Waals surface area contributed by atoms with Crippen LogP contribution in [0.3, 0.4) is 0 Å². The summed E-state index contributed by atoms with van der Waals surface area (Å²) in [6.07, 6.45) is 0. The van der Waals surface area contributed by atoms with Crippen LogP contribution in [0.15, 0.2) is 18.2 Å². The van der Waals surface area contributed by atoms with Gasteiger partial charge in [-0.05, 0) is 25.1 Å². The molecule has 0 spiro atoms. The lowest BCUT2D eigenvalue weighted by molar-refractivity contribution is -0.144. The minimum Gasteiger partial charge on any atom is -0.496 e. The summed E-state index contributed by atoms with van der Waals surface area (Å²) >= 11 is 0. The third-order valence-electron chi connectivity index (χ3n) is 3.70. The standard InChI is InChI=1S/C15H20N2O4/c1-10(18)11-3-4-14(21-2)12(7-11)9-17-6-5-16-8-13(17)15(19)20/h3-4,7,13,16H,5-6,8-9H2,1-2H3,(H,19,20). The fourth-order valence-electron chi connectivity index (χ4n) is 2.52. The molecule has 6 nitrogen and oxygen atoms in total. The van der Waals surface area contributed by atoms with Crippen molar-refractivity contribution in [2.75, 3.05) is 26.7 Å². The second kappa shape index (κ2) is 6.69. The molecule has 1 atom stereocenters. The molecule has 2 N–H and O–H groups in total. The molecule has 1 heterocycles. The summed E-state index contributed by atoms with van der Waals surface area (Å²) in [5.41, 5.74) is 1.44. The predicted molar refractivity (Wildman–Crippen MR) is 77.7 cm³/mol. The molecule has 0 aliphatic carbocycles. The Balaban J connectivity index is 2.25. The lowest BCUT2D eigenvalue weighted by atomic mass is 10.0. The van der Waals surface area contributed by atoms with E-state index < -0.39 is 12.0 Å². The van der Waals surface area contributed by atoms with Crippen LogP contribution in [0, 0.1) is 0 Å². The number of methoxy groups -OCH3 is 1. The number of carboxylic acid groups (broad SMARTS) is 1. The maximum atomic E-state index is 11.5. The quantitative estimate of drug-likeness (QED) is 0.780. The van der Waals surface area contributed by atoms with Gasteiger partial charge in [0.15, 0.2) is 5.78 Å². The molecule has 0 bridgehead atoms. The molecular weight excluding hydrogens is 272 g/mol. The van der Waals surface area contributed by atoms with Crippen molar-refractivity contribution in [2.24, 2.45) is 0 Å². The van der Waals surface area contributed by atoms with Crippen molar-refractivity contribution in [1.82, 2.24) is 10.2 Å². The molecule has 0 saturated carbocycles. The number of hydrogen-bond donors (Lipinski definition) is 2. The van der Waals surface area contributed by atoms with Gasteiger partial charge in [-0.25, -0.2) is 0 Å². The van der Waals surface area contributed by atoms with E-state index in [1.165, 1.54) is 6.92 Å². The van der Waals surface area contributed by atoms with Crippen LogP contribution < -0.4 is 10.1 Å². The van der Waals surface area contributed by atoms with Gasteiger partial charge in [-0.1, -0.05) is 0 Å². The van der Waals surface area contributed by atoms with Crippen molar-refractivity contribution in [3.8, 4) is 5.75 Å². The first-order chi connectivity index (χ1) is 10.0. The van der Waals surface area contributed by atoms with E-state index in [9.17, 15) is 14.7 Å². The summed E-state index contributed by atoms with van der Waals surface area (Å²) < 4.78 is 5.32. The predicted octanol–water partition coefficient (Wildman–Crippen LogP) is 0.756. The summed E-state index contributed by atoms with van der Waals surface area (Å²) in [4.78, 5) is 24.7. The van der Waals surface area contributed by atoms with Crippen molar-refractivity contribution in [3.05, 3.63) is 29.3 Å². The molecule has 0 aromatic heterocycles. The highest BCUT2D eigenvalue weighted by Gasteiger charge is 2.28. The zero-order chi connectivity index (χ0) is 15.4. The van der Waals surface area contributed by atoms with E-state index in [0.29, 0.717) is 30.9 Å². The van der Waals surface area contributed by atoms with Crippen LogP contribution in [-0.4, -0.2) is 54.5 Å². The third kappa shape index (κ3) is 3.59. The van der Waals surface area contributed by atoms with Gasteiger partial charge in [0.1, 0.15) is 11.8 Å². The number of benzene rings is 1. The molecule has 2 rings (SSSR count). The number of nitrogens with zero attached hydrogens (tertiary/aromatic N) is 1. The molecule has 0 amide bonds. The van der Waals surface area contributed by atoms with E-state index in [1.54, 1.807) is 25.3 Å². The van der Waals surface area contributed by atoms with E-state index in [-0.39, 0.29) is 5.78 Å². The fraction of sp³-hybridized carbons (Fsp3) is 0.467. The van der Waals surface area contributed by atoms with Crippen LogP contribution >= 0.6 is 0 Å². The SMILES string of the molecule is COc1ccc(C(C)=O)cc1CN1CCNCC1C(=O)O. The summed E-state index contributed by atoms with van der Waals surface area (Å²) in [5.74, 6) is -0.194. The molecule has 1 unspecified atom stereocenters. The first-order valence-electron chi connectivity index (χ1n) is 6.88. The summed E-state index contributed by atoms with van der Waals surface area (Å²) in [7, 11) is 1.57. The summed E-state index contributed by atoms with van der Waals surface area (Å²) in [6.45, 7) is 3.77. The number of piperazine rings is 1. The van der Waals surface area contributed by atoms with Crippen LogP contribution in [0.5, 0.6) is 5.75 Å². The van der Waals surface area contributed by atoms with E-state index >= 15 is 0 Å². The number of ketones is 1. The molecule has 1 aliphatic heterocycles. The zero-order valence-corrected chi connectivity index (χ0v) is 12.3. The first kappa shape index (κ1) is 15.5. The summed E-state index contributed by atoms with van der Waals surface area (Å²) in [6, 6.07) is 4.69. The van der Waals surface area contributed by atoms with Crippen LogP contribution in [-0.2, 0) is 11.3 Å². The first-order valence-corrected chi connectivity index (χ1v) is 6.88. The zero-order valence-electron chi connectivity index (χ0n) is 12.3. The Bertz CT molecular complexity index is 544. The summed E-state index contributed by atoms with van der Waals surface area (Å²) in [5, 5.41) is 12.4. The van der Waals surface area contributed by atoms with Gasteiger partial charge in [0.25, 0.3) is 0 Å². The Labute approximate surface area is 123 Å². The highest BCUT2D eigenvalue weighted by Crippen LogP contribution is 2.23. The van der Waals surface area contributed by atoms with Gasteiger partial charge in [0, 0.05) is 37.3 Å². The van der Waals surface area contributed by atoms with Crippen molar-refractivity contribution in [3.63, 3.8) is 0 Å². The van der Waals surface area contributed by atoms with Gasteiger partial charge < -0.3 is 15.2 Å². The number of rotatable bonds is 5. The number of ether oxygens (including phenoxy) is 1. The van der Waals surface area contributed by atoms with E-state index in [2.05, 4.69) is 5.32 Å². The average molecular weight is 292 g/mol. The Morgan fingerprint density at radius 1 is 1.48 bits per heavy atom. The van der Waals surface area contributed by atoms with Crippen LogP contribution in [0.25, 0.3) is 0 Å². The smallest absolute Gasteiger partial charge is 0.322 e. The Kier molecular flexibility index (Phi) is 4.93. The lowest BCUT2D eigenvalue weighted by Gasteiger charge is -2.33. The topological polar surface area (TPSA) is 78.9 Å². The molecule has 0 radical (unpaired) electrons. The Morgan fingerprint density at radius 3 is 2.86 bits per heavy atom. The number of Topliss-reactive ketones (excluding diaryl/α,β-unsaturated/α-hetero) is 1. The fourth-order valence-corrected chi connectivity index (χ4v) is 2.52. The molecule has 114 valence electrons. The number of carbonyl (C=O) groups excluding carboxylic acids is 1. The largest absolute Gasteiger partial charge is 0.496 e. The molecule has 1 aromatic carbocycles. The lowest BCUT2D eigenvalue weighted by Crippen LogP contribution is -2.54. The van der Waals surface area contributed by atoms with Crippen molar-refractivity contribution < 1.29 is 19.4 Å². The molecule has 1 aliphatic rings. The van der Waals surface area contributed by atoms with Crippen LogP contribution in [0.4, 0.5) is 0 Å². The molecular formula is C15H20N2O4. The highest BCUT2D eigenvalue weighted by molar-refractivity contribution is 5.94. The van der Waals surface area contributed by atoms with E-state index in [1.807, 2.05) is 4.90 Å². The molecule has 21 heavy (non-hydrogen) atoms. The van der Waals surface area contributed by atoms with Gasteiger partial charge in [-0.15, -0.1) is 0 Å². The van der Waals surface area contributed by atoms with Gasteiger partial charge in [0.05, 0.1) is 7.11 Å². The number of carbonyl (C=O) groups is 2. The van der Waals surface area contributed by atoms with Gasteiger partial charge >= 0.3 is 5.97 Å². The number of aliphatic carboxylic acids is 1. The van der Waals surface area contributed by atoms with Gasteiger partial charge in [-0.2, -0.15) is 0 Å². The number of hydrogen-bond acceptors (Lipinski definition) is 5. The van der Waals surface area contributed by atoms with Gasteiger partial charge in [0.2, 0.25) is 0 Å². The highest BCUT2D eigenvalue weighted by atomic mass is 16.5. The number of nitrogens with one attached hydrogen (secondary N) is 1. The molecule has 1 saturated heterocycles. The van der Waals surface area contributed by atoms with Gasteiger partial charge in [-0.3, -0.25) is 14.5 Å². The van der Waals surface area contributed by atoms with Crippen molar-refractivity contribution in [1.29, 1.82) is 0 Å². The molecule has 6 heteroatoms. The molecule has 1 fully saturated rings. The maximum Gasteiger partial charge on any atom is 0.322 e. The minimum absolute atomic E-state index is 0.0194. The monoisotopic (exact) mass is 292 g/mol. The van der Waals surface area contributed by atoms with Crippen LogP contribution in [0.2, 0.25) is 0 Å². The minimum atomic E-state index is -0.844. The third-order valence-corrected chi connectivity index (χ3v) is 3.70. The van der Waals surface area contributed by atoms with Crippen LogP contribution in [0.1, 0.15) is 22.8 Å². The number of carboxylic acids is 1. The van der Waals surface area contributed by atoms with Crippen molar-refractivity contribution in [2.45, 2.75) is 19.5 Å². The van der Waals surface area contributed by atoms with E-state index in [0.717, 1.165) is 12.1 Å². The Morgan fingerprint density at radius 2 is 2.24 bits per heavy atom. The Hall–Kier alpha value is -1.92. The normalized spacial score (nSPS) is 19.2. The maximum absolute atomic E-state index is 11.5. The average Bonchev–Trinajstić information content (AvgIpc) is 2.47. The second-order valence-electron chi connectivity index (χ2n) is 5.11. The second-order valence-corrected chi connectivity index (χ2v) is 5.11. The molecule has 1 aromatic rings. The van der Waals surface area contributed by atoms with Crippen molar-refractivity contribution >= 4 is 11.8 Å². The van der Waals surface area contributed by atoms with E-state index in [4.69, 9.17) is 4.74 Å².